The summed E-state index contributed by atoms with van der Waals surface area (Å²) in [6.07, 6.45) is -0.799. The second kappa shape index (κ2) is 7.94. The molecule has 1 aliphatic heterocycles. The molecule has 2 rings (SSSR count). The third kappa shape index (κ3) is 3.58. The van der Waals surface area contributed by atoms with Crippen LogP contribution in [0.2, 0.25) is 0 Å². The standard InChI is InChI=1S/C13H17FN6O3.ClH/c1-23-12(22)18-11-8(10(16)21)7-20(19-11)13(2-4-15)3-5-17-6-9(13)14;/h7,9,17H,2-3,5-6H2,1H3,(H2,16,21)(H,18,19,22);1H. The molecule has 2 heterocycles. The Morgan fingerprint density at radius 2 is 2.42 bits per heavy atom. The monoisotopic (exact) mass is 360 g/mol. The molecule has 2 unspecified atom stereocenters. The van der Waals surface area contributed by atoms with E-state index in [9.17, 15) is 14.0 Å². The predicted molar refractivity (Wildman–Crippen MR) is 84.6 cm³/mol. The largest absolute Gasteiger partial charge is 0.453 e. The fourth-order valence-corrected chi connectivity index (χ4v) is 2.58. The molecular weight excluding hydrogens is 343 g/mol. The number of carbonyl (C=O) groups excluding carboxylic acids is 2. The number of ether oxygens (including phenoxy) is 1. The maximum atomic E-state index is 14.5. The molecule has 11 heteroatoms. The normalized spacial score (nSPS) is 22.8. The minimum absolute atomic E-state index is 0. The fraction of sp³-hybridized carbons (Fsp3) is 0.538. The van der Waals surface area contributed by atoms with Crippen molar-refractivity contribution in [2.45, 2.75) is 24.6 Å². The van der Waals surface area contributed by atoms with E-state index in [2.05, 4.69) is 20.5 Å². The van der Waals surface area contributed by atoms with Crippen molar-refractivity contribution in [3.05, 3.63) is 11.8 Å². The van der Waals surface area contributed by atoms with Crippen LogP contribution in [0, 0.1) is 11.3 Å². The van der Waals surface area contributed by atoms with Gasteiger partial charge in [-0.3, -0.25) is 14.8 Å². The summed E-state index contributed by atoms with van der Waals surface area (Å²) >= 11 is 0. The van der Waals surface area contributed by atoms with E-state index in [-0.39, 0.29) is 36.8 Å². The van der Waals surface area contributed by atoms with Crippen molar-refractivity contribution in [1.82, 2.24) is 15.1 Å². The van der Waals surface area contributed by atoms with Crippen LogP contribution >= 0.6 is 12.4 Å². The number of nitrogens with two attached hydrogens (primary N) is 1. The van der Waals surface area contributed by atoms with E-state index >= 15 is 0 Å². The van der Waals surface area contributed by atoms with E-state index in [1.807, 2.05) is 6.07 Å². The van der Waals surface area contributed by atoms with Gasteiger partial charge in [0.15, 0.2) is 5.82 Å². The van der Waals surface area contributed by atoms with Crippen LogP contribution in [-0.4, -0.2) is 48.2 Å². The van der Waals surface area contributed by atoms with Gasteiger partial charge in [-0.1, -0.05) is 0 Å². The van der Waals surface area contributed by atoms with Gasteiger partial charge >= 0.3 is 6.09 Å². The number of hydrogen-bond donors (Lipinski definition) is 3. The van der Waals surface area contributed by atoms with E-state index in [4.69, 9.17) is 11.0 Å². The molecule has 4 N–H and O–H groups in total. The van der Waals surface area contributed by atoms with Crippen LogP contribution in [0.3, 0.4) is 0 Å². The molecule has 0 radical (unpaired) electrons. The van der Waals surface area contributed by atoms with Gasteiger partial charge < -0.3 is 15.8 Å². The van der Waals surface area contributed by atoms with Gasteiger partial charge in [0.1, 0.15) is 17.3 Å². The SMILES string of the molecule is COC(=O)Nc1nn(C2(CC#N)CCNCC2F)cc1C(N)=O.Cl. The Labute approximate surface area is 143 Å². The zero-order chi connectivity index (χ0) is 17.0. The first-order valence-corrected chi connectivity index (χ1v) is 6.91. The summed E-state index contributed by atoms with van der Waals surface area (Å²) in [6.45, 7) is 0.556. The summed E-state index contributed by atoms with van der Waals surface area (Å²) in [5, 5.41) is 18.3. The lowest BCUT2D eigenvalue weighted by atomic mass is 9.84. The number of nitriles is 1. The summed E-state index contributed by atoms with van der Waals surface area (Å²) in [5.74, 6) is -0.966. The molecule has 0 aliphatic carbocycles. The lowest BCUT2D eigenvalue weighted by molar-refractivity contribution is 0.0684. The van der Waals surface area contributed by atoms with Crippen molar-refractivity contribution in [3.63, 3.8) is 0 Å². The van der Waals surface area contributed by atoms with Crippen LogP contribution < -0.4 is 16.4 Å². The lowest BCUT2D eigenvalue weighted by Gasteiger charge is -2.39. The van der Waals surface area contributed by atoms with Gasteiger partial charge in [0.25, 0.3) is 5.91 Å². The Hall–Kier alpha value is -2.38. The van der Waals surface area contributed by atoms with Gasteiger partial charge in [-0.05, 0) is 13.0 Å². The van der Waals surface area contributed by atoms with E-state index in [1.165, 1.54) is 10.9 Å². The molecule has 0 bridgehead atoms. The number of piperidine rings is 1. The average molecular weight is 361 g/mol. The maximum Gasteiger partial charge on any atom is 0.412 e. The van der Waals surface area contributed by atoms with Crippen molar-refractivity contribution >= 4 is 30.2 Å². The highest BCUT2D eigenvalue weighted by atomic mass is 35.5. The molecule has 132 valence electrons. The highest BCUT2D eigenvalue weighted by molar-refractivity contribution is 6.00. The van der Waals surface area contributed by atoms with Gasteiger partial charge in [-0.15, -0.1) is 12.4 Å². The zero-order valence-electron chi connectivity index (χ0n) is 12.9. The number of amides is 2. The average Bonchev–Trinajstić information content (AvgIpc) is 2.94. The first-order valence-electron chi connectivity index (χ1n) is 6.91. The summed E-state index contributed by atoms with van der Waals surface area (Å²) in [5.41, 5.74) is 3.96. The second-order valence-corrected chi connectivity index (χ2v) is 5.18. The van der Waals surface area contributed by atoms with Gasteiger partial charge in [0.2, 0.25) is 0 Å². The molecule has 0 saturated carbocycles. The van der Waals surface area contributed by atoms with E-state index in [0.717, 1.165) is 7.11 Å². The van der Waals surface area contributed by atoms with Crippen LogP contribution in [-0.2, 0) is 10.3 Å². The number of nitrogens with zero attached hydrogens (tertiary/aromatic N) is 3. The number of rotatable bonds is 4. The number of alkyl halides is 1. The number of halogens is 2. The number of hydrogen-bond acceptors (Lipinski definition) is 6. The van der Waals surface area contributed by atoms with Crippen LogP contribution in [0.1, 0.15) is 23.2 Å². The molecule has 0 aromatic carbocycles. The Kier molecular flexibility index (Phi) is 6.51. The Balaban J connectivity index is 0.00000288. The maximum absolute atomic E-state index is 14.5. The number of carbonyl (C=O) groups is 2. The number of primary amides is 1. The van der Waals surface area contributed by atoms with E-state index < -0.39 is 23.7 Å². The van der Waals surface area contributed by atoms with Gasteiger partial charge in [0.05, 0.1) is 19.6 Å². The molecule has 24 heavy (non-hydrogen) atoms. The lowest BCUT2D eigenvalue weighted by Crippen LogP contribution is -2.53. The summed E-state index contributed by atoms with van der Waals surface area (Å²) < 4.78 is 20.2. The van der Waals surface area contributed by atoms with Gasteiger partial charge in [-0.25, -0.2) is 9.18 Å². The number of methoxy groups -OCH3 is 1. The molecule has 9 nitrogen and oxygen atoms in total. The molecule has 1 aromatic rings. The summed E-state index contributed by atoms with van der Waals surface area (Å²) in [4.78, 5) is 22.9. The molecule has 2 atom stereocenters. The second-order valence-electron chi connectivity index (χ2n) is 5.18. The molecule has 2 amide bonds. The fourth-order valence-electron chi connectivity index (χ4n) is 2.58. The Morgan fingerprint density at radius 3 is 2.96 bits per heavy atom. The number of nitrogens with one attached hydrogen (secondary N) is 2. The van der Waals surface area contributed by atoms with Gasteiger partial charge in [0, 0.05) is 12.7 Å². The molecule has 1 saturated heterocycles. The predicted octanol–water partition coefficient (Wildman–Crippen LogP) is 0.522. The smallest absolute Gasteiger partial charge is 0.412 e. The summed E-state index contributed by atoms with van der Waals surface area (Å²) in [6, 6.07) is 1.96. The zero-order valence-corrected chi connectivity index (χ0v) is 13.7. The Morgan fingerprint density at radius 1 is 1.71 bits per heavy atom. The van der Waals surface area contributed by atoms with E-state index in [1.54, 1.807) is 0 Å². The number of aromatic nitrogens is 2. The van der Waals surface area contributed by atoms with Crippen LogP contribution in [0.5, 0.6) is 0 Å². The molecule has 1 aromatic heterocycles. The third-order valence-electron chi connectivity index (χ3n) is 3.87. The number of anilines is 1. The first-order chi connectivity index (χ1) is 10.9. The highest BCUT2D eigenvalue weighted by Gasteiger charge is 2.44. The summed E-state index contributed by atoms with van der Waals surface area (Å²) in [7, 11) is 1.15. The van der Waals surface area contributed by atoms with Crippen LogP contribution in [0.25, 0.3) is 0 Å². The topological polar surface area (TPSA) is 135 Å². The molecule has 1 fully saturated rings. The van der Waals surface area contributed by atoms with Crippen molar-refractivity contribution < 1.29 is 18.7 Å². The van der Waals surface area contributed by atoms with E-state index in [0.29, 0.717) is 13.0 Å². The van der Waals surface area contributed by atoms with Crippen LogP contribution in [0.4, 0.5) is 15.0 Å². The van der Waals surface area contributed by atoms with Crippen molar-refractivity contribution in [2.75, 3.05) is 25.5 Å². The quantitative estimate of drug-likeness (QED) is 0.716. The van der Waals surface area contributed by atoms with Gasteiger partial charge in [-0.2, -0.15) is 10.4 Å². The molecular formula is C13H18ClFN6O3. The first kappa shape index (κ1) is 19.7. The van der Waals surface area contributed by atoms with Crippen molar-refractivity contribution in [2.24, 2.45) is 5.73 Å². The Bertz CT molecular complexity index is 661. The highest BCUT2D eigenvalue weighted by Crippen LogP contribution is 2.34. The molecule has 0 spiro atoms. The van der Waals surface area contributed by atoms with Crippen LogP contribution in [0.15, 0.2) is 6.20 Å². The minimum Gasteiger partial charge on any atom is -0.453 e. The third-order valence-corrected chi connectivity index (χ3v) is 3.87. The van der Waals surface area contributed by atoms with Crippen molar-refractivity contribution in [1.29, 1.82) is 5.26 Å². The van der Waals surface area contributed by atoms with Crippen molar-refractivity contribution in [3.8, 4) is 6.07 Å². The minimum atomic E-state index is -1.39. The molecule has 1 aliphatic rings.